The molecule has 7 heteroatoms. The van der Waals surface area contributed by atoms with E-state index in [0.717, 1.165) is 49.6 Å². The quantitative estimate of drug-likeness (QED) is 0.437. The van der Waals surface area contributed by atoms with Gasteiger partial charge in [-0.2, -0.15) is 0 Å². The maximum atomic E-state index is 5.35. The molecule has 0 spiro atoms. The number of hydrogen-bond donors (Lipinski definition) is 1. The first-order chi connectivity index (χ1) is 14.6. The van der Waals surface area contributed by atoms with Crippen LogP contribution in [0, 0.1) is 13.8 Å². The van der Waals surface area contributed by atoms with Gasteiger partial charge in [-0.25, -0.2) is 4.98 Å². The Kier molecular flexibility index (Phi) is 5.63. The molecular formula is C23H22N4O2S. The van der Waals surface area contributed by atoms with Gasteiger partial charge in [0.25, 0.3) is 0 Å². The van der Waals surface area contributed by atoms with Crippen LogP contribution in [0.4, 0.5) is 10.9 Å². The Morgan fingerprint density at radius 1 is 0.833 bits per heavy atom. The molecule has 2 aromatic heterocycles. The number of aryl methyl sites for hydroxylation is 2. The zero-order chi connectivity index (χ0) is 21.1. The minimum absolute atomic E-state index is 0.651. The Labute approximate surface area is 179 Å². The molecule has 4 rings (SSSR count). The van der Waals surface area contributed by atoms with Crippen LogP contribution in [0.5, 0.6) is 11.5 Å². The fraction of sp³-hybridized carbons (Fsp3) is 0.174. The first kappa shape index (κ1) is 19.8. The summed E-state index contributed by atoms with van der Waals surface area (Å²) in [4.78, 5) is 5.89. The third-order valence-corrected chi connectivity index (χ3v) is 5.64. The highest BCUT2D eigenvalue weighted by molar-refractivity contribution is 7.16. The van der Waals surface area contributed by atoms with E-state index in [2.05, 4.69) is 28.5 Å². The highest BCUT2D eigenvalue weighted by atomic mass is 32.1. The van der Waals surface area contributed by atoms with E-state index in [1.165, 1.54) is 0 Å². The summed E-state index contributed by atoms with van der Waals surface area (Å²) in [5.41, 5.74) is 4.88. The molecule has 6 nitrogen and oxygen atoms in total. The van der Waals surface area contributed by atoms with E-state index < -0.39 is 0 Å². The summed E-state index contributed by atoms with van der Waals surface area (Å²) in [5.74, 6) is 2.34. The van der Waals surface area contributed by atoms with Crippen molar-refractivity contribution in [3.63, 3.8) is 0 Å². The summed E-state index contributed by atoms with van der Waals surface area (Å²) in [6.07, 6.45) is 0. The number of benzene rings is 2. The molecule has 0 aliphatic rings. The molecule has 0 unspecified atom stereocenters. The molecule has 0 saturated heterocycles. The van der Waals surface area contributed by atoms with Gasteiger partial charge < -0.3 is 14.8 Å². The average molecular weight is 419 g/mol. The number of nitrogens with one attached hydrogen (secondary N) is 1. The van der Waals surface area contributed by atoms with Gasteiger partial charge in [0.15, 0.2) is 10.9 Å². The van der Waals surface area contributed by atoms with E-state index in [1.807, 2.05) is 55.5 Å². The van der Waals surface area contributed by atoms with E-state index in [0.29, 0.717) is 5.82 Å². The van der Waals surface area contributed by atoms with E-state index >= 15 is 0 Å². The summed E-state index contributed by atoms with van der Waals surface area (Å²) in [7, 11) is 3.33. The molecule has 30 heavy (non-hydrogen) atoms. The molecule has 0 aliphatic carbocycles. The highest BCUT2D eigenvalue weighted by Crippen LogP contribution is 2.33. The lowest BCUT2D eigenvalue weighted by Crippen LogP contribution is -1.96. The van der Waals surface area contributed by atoms with Crippen LogP contribution < -0.4 is 14.8 Å². The van der Waals surface area contributed by atoms with Gasteiger partial charge in [-0.3, -0.25) is 0 Å². The molecule has 0 radical (unpaired) electrons. The topological polar surface area (TPSA) is 69.2 Å². The fourth-order valence-corrected chi connectivity index (χ4v) is 4.01. The number of ether oxygens (including phenoxy) is 2. The second kappa shape index (κ2) is 8.51. The molecule has 0 atom stereocenters. The van der Waals surface area contributed by atoms with Crippen molar-refractivity contribution >= 4 is 22.3 Å². The molecule has 0 saturated carbocycles. The Morgan fingerprint density at radius 2 is 1.60 bits per heavy atom. The normalized spacial score (nSPS) is 10.7. The molecule has 0 amide bonds. The molecule has 4 aromatic rings. The van der Waals surface area contributed by atoms with Crippen molar-refractivity contribution in [3.05, 3.63) is 65.0 Å². The number of anilines is 2. The maximum absolute atomic E-state index is 5.35. The van der Waals surface area contributed by atoms with Crippen molar-refractivity contribution in [2.45, 2.75) is 13.8 Å². The van der Waals surface area contributed by atoms with Crippen molar-refractivity contribution in [2.75, 3.05) is 19.5 Å². The molecule has 0 aliphatic heterocycles. The van der Waals surface area contributed by atoms with E-state index in [4.69, 9.17) is 14.5 Å². The predicted molar refractivity (Wildman–Crippen MR) is 121 cm³/mol. The third-order valence-electron chi connectivity index (χ3n) is 4.75. The third kappa shape index (κ3) is 4.11. The molecule has 0 fully saturated rings. The van der Waals surface area contributed by atoms with Crippen LogP contribution in [-0.4, -0.2) is 29.4 Å². The van der Waals surface area contributed by atoms with Gasteiger partial charge >= 0.3 is 0 Å². The zero-order valence-corrected chi connectivity index (χ0v) is 18.1. The second-order valence-electron chi connectivity index (χ2n) is 6.77. The lowest BCUT2D eigenvalue weighted by Gasteiger charge is -2.06. The largest absolute Gasteiger partial charge is 0.497 e. The Morgan fingerprint density at radius 3 is 2.23 bits per heavy atom. The van der Waals surface area contributed by atoms with Gasteiger partial charge in [0.05, 0.1) is 25.6 Å². The zero-order valence-electron chi connectivity index (χ0n) is 17.3. The molecule has 0 bridgehead atoms. The summed E-state index contributed by atoms with van der Waals surface area (Å²) in [6, 6.07) is 17.7. The lowest BCUT2D eigenvalue weighted by molar-refractivity contribution is 0.412. The number of hydrogen-bond acceptors (Lipinski definition) is 7. The van der Waals surface area contributed by atoms with Gasteiger partial charge in [0, 0.05) is 16.0 Å². The monoisotopic (exact) mass is 418 g/mol. The Hall–Kier alpha value is -3.45. The van der Waals surface area contributed by atoms with Crippen LogP contribution in [0.3, 0.4) is 0 Å². The maximum Gasteiger partial charge on any atom is 0.189 e. The van der Waals surface area contributed by atoms with Crippen LogP contribution in [-0.2, 0) is 0 Å². The minimum Gasteiger partial charge on any atom is -0.497 e. The summed E-state index contributed by atoms with van der Waals surface area (Å²) < 4.78 is 10.5. The van der Waals surface area contributed by atoms with Crippen LogP contribution in [0.1, 0.15) is 10.4 Å². The summed E-state index contributed by atoms with van der Waals surface area (Å²) in [6.45, 7) is 4.10. The first-order valence-corrected chi connectivity index (χ1v) is 10.3. The number of nitrogens with zero attached hydrogens (tertiary/aromatic N) is 3. The van der Waals surface area contributed by atoms with Gasteiger partial charge in [-0.1, -0.05) is 0 Å². The Bertz CT molecular complexity index is 1160. The number of aromatic nitrogens is 3. The van der Waals surface area contributed by atoms with Crippen molar-refractivity contribution < 1.29 is 9.47 Å². The first-order valence-electron chi connectivity index (χ1n) is 9.45. The van der Waals surface area contributed by atoms with E-state index in [-0.39, 0.29) is 0 Å². The number of rotatable bonds is 6. The van der Waals surface area contributed by atoms with Crippen LogP contribution in [0.2, 0.25) is 0 Å². The number of thiazole rings is 1. The molecule has 2 aromatic carbocycles. The minimum atomic E-state index is 0.651. The number of methoxy groups -OCH3 is 2. The van der Waals surface area contributed by atoms with Crippen LogP contribution in [0.15, 0.2) is 54.6 Å². The predicted octanol–water partition coefficient (Wildman–Crippen LogP) is 5.64. The molecule has 2 heterocycles. The van der Waals surface area contributed by atoms with Crippen LogP contribution >= 0.6 is 11.3 Å². The van der Waals surface area contributed by atoms with Crippen molar-refractivity contribution in [1.29, 1.82) is 0 Å². The van der Waals surface area contributed by atoms with E-state index in [1.54, 1.807) is 25.6 Å². The van der Waals surface area contributed by atoms with Crippen molar-refractivity contribution in [2.24, 2.45) is 0 Å². The summed E-state index contributed by atoms with van der Waals surface area (Å²) in [5, 5.41) is 12.7. The van der Waals surface area contributed by atoms with Crippen molar-refractivity contribution in [3.8, 4) is 34.0 Å². The smallest absolute Gasteiger partial charge is 0.189 e. The SMILES string of the molecule is COc1ccc(-c2ccc(Nc3nc(-c4ccc(OC)c(C)c4)c(C)s3)nn2)cc1. The standard InChI is InChI=1S/C23H22N4O2S/c1-14-13-17(7-11-20(14)29-4)22-15(2)30-23(25-22)24-21-12-10-19(26-27-21)16-5-8-18(28-3)9-6-16/h5-13H,1-4H3,(H,24,25,27). The van der Waals surface area contributed by atoms with Gasteiger partial charge in [-0.05, 0) is 74.0 Å². The van der Waals surface area contributed by atoms with Crippen molar-refractivity contribution in [1.82, 2.24) is 15.2 Å². The van der Waals surface area contributed by atoms with Crippen LogP contribution in [0.25, 0.3) is 22.5 Å². The highest BCUT2D eigenvalue weighted by Gasteiger charge is 2.12. The molecule has 1 N–H and O–H groups in total. The fourth-order valence-electron chi connectivity index (χ4n) is 3.17. The van der Waals surface area contributed by atoms with Gasteiger partial charge in [0.2, 0.25) is 0 Å². The average Bonchev–Trinajstić information content (AvgIpc) is 3.14. The summed E-state index contributed by atoms with van der Waals surface area (Å²) >= 11 is 1.59. The Balaban J connectivity index is 1.52. The molecule has 152 valence electrons. The van der Waals surface area contributed by atoms with Gasteiger partial charge in [0.1, 0.15) is 11.5 Å². The second-order valence-corrected chi connectivity index (χ2v) is 7.97. The van der Waals surface area contributed by atoms with Gasteiger partial charge in [-0.15, -0.1) is 21.5 Å². The van der Waals surface area contributed by atoms with E-state index in [9.17, 15) is 0 Å². The lowest BCUT2D eigenvalue weighted by atomic mass is 10.1. The molecular weight excluding hydrogens is 396 g/mol.